The average molecular weight is 295 g/mol. The van der Waals surface area contributed by atoms with E-state index in [9.17, 15) is 8.42 Å². The molecule has 112 valence electrons. The monoisotopic (exact) mass is 295 g/mol. The van der Waals surface area contributed by atoms with E-state index in [0.29, 0.717) is 16.4 Å². The van der Waals surface area contributed by atoms with Crippen molar-refractivity contribution in [3.8, 4) is 0 Å². The van der Waals surface area contributed by atoms with E-state index in [0.717, 1.165) is 5.69 Å². The predicted octanol–water partition coefficient (Wildman–Crippen LogP) is 3.86. The smallest absolute Gasteiger partial charge is 0.178 e. The van der Waals surface area contributed by atoms with Crippen molar-refractivity contribution in [3.05, 3.63) is 24.3 Å². The number of hydrogen-bond donors (Lipinski definition) is 1. The predicted molar refractivity (Wildman–Crippen MR) is 83.8 cm³/mol. The van der Waals surface area contributed by atoms with Crippen molar-refractivity contribution in [1.29, 1.82) is 0 Å². The Hall–Kier alpha value is -1.03. The molecule has 0 radical (unpaired) electrons. The molecule has 0 bridgehead atoms. The van der Waals surface area contributed by atoms with Gasteiger partial charge in [0.15, 0.2) is 9.84 Å². The Bertz CT molecular complexity index is 546. The quantitative estimate of drug-likeness (QED) is 0.917. The van der Waals surface area contributed by atoms with Crippen LogP contribution in [0.3, 0.4) is 0 Å². The van der Waals surface area contributed by atoms with E-state index in [4.69, 9.17) is 0 Å². The molecule has 4 heteroatoms. The van der Waals surface area contributed by atoms with Gasteiger partial charge >= 0.3 is 0 Å². The van der Waals surface area contributed by atoms with E-state index in [1.807, 2.05) is 12.1 Å². The van der Waals surface area contributed by atoms with E-state index in [2.05, 4.69) is 19.2 Å². The van der Waals surface area contributed by atoms with Crippen LogP contribution in [0.15, 0.2) is 29.2 Å². The van der Waals surface area contributed by atoms with Crippen molar-refractivity contribution in [2.24, 2.45) is 5.41 Å². The van der Waals surface area contributed by atoms with Gasteiger partial charge in [0, 0.05) is 11.7 Å². The van der Waals surface area contributed by atoms with E-state index in [-0.39, 0.29) is 5.75 Å². The maximum Gasteiger partial charge on any atom is 0.178 e. The van der Waals surface area contributed by atoms with Crippen LogP contribution in [0.5, 0.6) is 0 Å². The zero-order valence-corrected chi connectivity index (χ0v) is 13.5. The minimum atomic E-state index is -3.09. The molecule has 1 aromatic carbocycles. The lowest BCUT2D eigenvalue weighted by Crippen LogP contribution is -2.31. The third-order valence-electron chi connectivity index (χ3n) is 4.17. The number of hydrogen-bond acceptors (Lipinski definition) is 3. The molecule has 1 aliphatic rings. The Balaban J connectivity index is 2.04. The van der Waals surface area contributed by atoms with Crippen molar-refractivity contribution in [3.63, 3.8) is 0 Å². The molecule has 1 atom stereocenters. The first kappa shape index (κ1) is 15.4. The summed E-state index contributed by atoms with van der Waals surface area (Å²) in [6.07, 6.45) is 4.91. The van der Waals surface area contributed by atoms with Crippen molar-refractivity contribution >= 4 is 15.5 Å². The zero-order valence-electron chi connectivity index (χ0n) is 12.6. The van der Waals surface area contributed by atoms with Crippen molar-refractivity contribution in [2.75, 3.05) is 11.1 Å². The van der Waals surface area contributed by atoms with E-state index >= 15 is 0 Å². The van der Waals surface area contributed by atoms with Gasteiger partial charge in [-0.15, -0.1) is 0 Å². The number of rotatable bonds is 4. The number of anilines is 1. The van der Waals surface area contributed by atoms with Gasteiger partial charge in [0.1, 0.15) is 0 Å². The summed E-state index contributed by atoms with van der Waals surface area (Å²) in [4.78, 5) is 0.412. The highest BCUT2D eigenvalue weighted by molar-refractivity contribution is 7.91. The lowest BCUT2D eigenvalue weighted by molar-refractivity contribution is 0.229. The van der Waals surface area contributed by atoms with Gasteiger partial charge in [0.05, 0.1) is 10.6 Å². The van der Waals surface area contributed by atoms with Gasteiger partial charge in [-0.25, -0.2) is 8.42 Å². The van der Waals surface area contributed by atoms with Gasteiger partial charge < -0.3 is 5.32 Å². The number of benzene rings is 1. The summed E-state index contributed by atoms with van der Waals surface area (Å²) in [5.74, 6) is 0.149. The first-order valence-corrected chi connectivity index (χ1v) is 9.07. The van der Waals surface area contributed by atoms with E-state index in [1.54, 1.807) is 19.1 Å². The molecule has 1 fully saturated rings. The van der Waals surface area contributed by atoms with Gasteiger partial charge in [-0.3, -0.25) is 0 Å². The van der Waals surface area contributed by atoms with Crippen LogP contribution in [-0.4, -0.2) is 20.2 Å². The first-order valence-electron chi connectivity index (χ1n) is 7.42. The number of sulfone groups is 1. The van der Waals surface area contributed by atoms with Crippen LogP contribution >= 0.6 is 0 Å². The summed E-state index contributed by atoms with van der Waals surface area (Å²) >= 11 is 0. The van der Waals surface area contributed by atoms with Crippen LogP contribution in [0.1, 0.15) is 46.5 Å². The molecule has 0 aliphatic heterocycles. The van der Waals surface area contributed by atoms with Crippen LogP contribution in [0.2, 0.25) is 0 Å². The summed E-state index contributed by atoms with van der Waals surface area (Å²) in [7, 11) is -3.09. The molecule has 20 heavy (non-hydrogen) atoms. The molecule has 1 N–H and O–H groups in total. The van der Waals surface area contributed by atoms with Crippen molar-refractivity contribution in [2.45, 2.75) is 57.4 Å². The highest BCUT2D eigenvalue weighted by atomic mass is 32.2. The average Bonchev–Trinajstić information content (AvgIpc) is 2.38. The molecule has 1 aromatic rings. The minimum Gasteiger partial charge on any atom is -0.382 e. The van der Waals surface area contributed by atoms with Gasteiger partial charge in [0.25, 0.3) is 0 Å². The van der Waals surface area contributed by atoms with Crippen molar-refractivity contribution in [1.82, 2.24) is 0 Å². The van der Waals surface area contributed by atoms with Gasteiger partial charge in [-0.1, -0.05) is 27.2 Å². The summed E-state index contributed by atoms with van der Waals surface area (Å²) < 4.78 is 23.5. The van der Waals surface area contributed by atoms with Gasteiger partial charge in [-0.05, 0) is 48.9 Å². The van der Waals surface area contributed by atoms with Crippen molar-refractivity contribution < 1.29 is 8.42 Å². The Kier molecular flexibility index (Phi) is 4.43. The zero-order chi connectivity index (χ0) is 14.8. The molecular weight excluding hydrogens is 270 g/mol. The van der Waals surface area contributed by atoms with E-state index < -0.39 is 9.84 Å². The highest BCUT2D eigenvalue weighted by Crippen LogP contribution is 2.36. The summed E-state index contributed by atoms with van der Waals surface area (Å²) in [5, 5.41) is 3.54. The second kappa shape index (κ2) is 5.76. The fourth-order valence-electron chi connectivity index (χ4n) is 2.98. The summed E-state index contributed by atoms with van der Waals surface area (Å²) in [6, 6.07) is 7.66. The van der Waals surface area contributed by atoms with Crippen LogP contribution in [0.25, 0.3) is 0 Å². The van der Waals surface area contributed by atoms with Gasteiger partial charge in [0.2, 0.25) is 0 Å². The summed E-state index contributed by atoms with van der Waals surface area (Å²) in [6.45, 7) is 6.31. The van der Waals surface area contributed by atoms with E-state index in [1.165, 1.54) is 25.7 Å². The van der Waals surface area contributed by atoms with Crippen LogP contribution in [0, 0.1) is 5.41 Å². The molecule has 1 aliphatic carbocycles. The maximum atomic E-state index is 11.8. The largest absolute Gasteiger partial charge is 0.382 e. The van der Waals surface area contributed by atoms with Crippen LogP contribution < -0.4 is 5.32 Å². The fraction of sp³-hybridized carbons (Fsp3) is 0.625. The normalized spacial score (nSPS) is 22.4. The molecule has 0 spiro atoms. The lowest BCUT2D eigenvalue weighted by atomic mass is 9.75. The SMILES string of the molecule is CCS(=O)(=O)c1ccc(NC2CCCC(C)(C)C2)cc1. The Morgan fingerprint density at radius 3 is 2.45 bits per heavy atom. The maximum absolute atomic E-state index is 11.8. The summed E-state index contributed by atoms with van der Waals surface area (Å²) in [5.41, 5.74) is 1.42. The molecule has 1 saturated carbocycles. The molecule has 0 amide bonds. The third-order valence-corrected chi connectivity index (χ3v) is 5.92. The molecule has 0 saturated heterocycles. The second-order valence-corrected chi connectivity index (χ2v) is 8.81. The molecule has 2 rings (SSSR count). The second-order valence-electron chi connectivity index (χ2n) is 6.53. The Labute approximate surface area is 122 Å². The fourth-order valence-corrected chi connectivity index (χ4v) is 3.87. The van der Waals surface area contributed by atoms with Crippen LogP contribution in [0.4, 0.5) is 5.69 Å². The lowest BCUT2D eigenvalue weighted by Gasteiger charge is -2.36. The third kappa shape index (κ3) is 3.75. The Morgan fingerprint density at radius 1 is 1.25 bits per heavy atom. The standard InChI is InChI=1S/C16H25NO2S/c1-4-20(18,19)15-9-7-13(8-10-15)17-14-6-5-11-16(2,3)12-14/h7-10,14,17H,4-6,11-12H2,1-3H3. The highest BCUT2D eigenvalue weighted by Gasteiger charge is 2.27. The molecule has 1 unspecified atom stereocenters. The Morgan fingerprint density at radius 2 is 1.90 bits per heavy atom. The minimum absolute atomic E-state index is 0.149. The first-order chi connectivity index (χ1) is 9.32. The molecular formula is C16H25NO2S. The topological polar surface area (TPSA) is 46.2 Å². The molecule has 0 aromatic heterocycles. The number of nitrogens with one attached hydrogen (secondary N) is 1. The molecule has 0 heterocycles. The molecule has 3 nitrogen and oxygen atoms in total. The van der Waals surface area contributed by atoms with Gasteiger partial charge in [-0.2, -0.15) is 0 Å². The van der Waals surface area contributed by atoms with Crippen LogP contribution in [-0.2, 0) is 9.84 Å².